The van der Waals surface area contributed by atoms with Crippen molar-refractivity contribution < 1.29 is 13.2 Å². The molecule has 1 aliphatic carbocycles. The fraction of sp³-hybridized carbons (Fsp3) is 0.750. The van der Waals surface area contributed by atoms with Gasteiger partial charge in [0.15, 0.2) is 0 Å². The lowest BCUT2D eigenvalue weighted by Crippen LogP contribution is -2.37. The zero-order valence-corrected chi connectivity index (χ0v) is 10.8. The molecule has 0 amide bonds. The Hall–Kier alpha value is -1.08. The van der Waals surface area contributed by atoms with Crippen LogP contribution in [0.1, 0.15) is 37.4 Å². The molecular weight excluding hydrogens is 257 g/mol. The Bertz CT molecular complexity index is 407. The van der Waals surface area contributed by atoms with Crippen LogP contribution in [-0.4, -0.2) is 16.0 Å². The summed E-state index contributed by atoms with van der Waals surface area (Å²) in [7, 11) is 1.80. The highest BCUT2D eigenvalue weighted by Gasteiger charge is 2.42. The highest BCUT2D eigenvalue weighted by Crippen LogP contribution is 2.42. The highest BCUT2D eigenvalue weighted by atomic mass is 19.4. The molecule has 7 heteroatoms. The maximum absolute atomic E-state index is 12.6. The molecule has 4 nitrogen and oxygen atoms in total. The second-order valence-corrected chi connectivity index (χ2v) is 5.21. The quantitative estimate of drug-likeness (QED) is 0.658. The third kappa shape index (κ3) is 3.27. The standard InChI is InChI=1S/C12H19F3N4/c1-19-7-6-10(18-19)11(17-16)8-2-4-9(5-3-8)12(13,14)15/h6-9,11,17H,2-5,16H2,1H3. The van der Waals surface area contributed by atoms with Crippen LogP contribution >= 0.6 is 0 Å². The van der Waals surface area contributed by atoms with Gasteiger partial charge in [0.1, 0.15) is 0 Å². The largest absolute Gasteiger partial charge is 0.391 e. The molecule has 0 saturated heterocycles. The molecule has 1 heterocycles. The molecule has 0 radical (unpaired) electrons. The highest BCUT2D eigenvalue weighted by molar-refractivity contribution is 5.07. The van der Waals surface area contributed by atoms with Crippen molar-refractivity contribution in [2.75, 3.05) is 0 Å². The summed E-state index contributed by atoms with van der Waals surface area (Å²) in [6.07, 6.45) is -0.855. The number of halogens is 3. The van der Waals surface area contributed by atoms with Crippen molar-refractivity contribution in [3.63, 3.8) is 0 Å². The molecule has 1 aromatic heterocycles. The first-order valence-electron chi connectivity index (χ1n) is 6.44. The minimum absolute atomic E-state index is 0.110. The van der Waals surface area contributed by atoms with E-state index in [-0.39, 0.29) is 24.8 Å². The minimum atomic E-state index is -4.07. The maximum atomic E-state index is 12.6. The third-order valence-corrected chi connectivity index (χ3v) is 3.94. The first-order valence-corrected chi connectivity index (χ1v) is 6.44. The number of nitrogens with one attached hydrogen (secondary N) is 1. The van der Waals surface area contributed by atoms with Crippen molar-refractivity contribution in [1.82, 2.24) is 15.2 Å². The van der Waals surface area contributed by atoms with E-state index in [2.05, 4.69) is 10.5 Å². The Labute approximate surface area is 110 Å². The average molecular weight is 276 g/mol. The Morgan fingerprint density at radius 2 is 2.00 bits per heavy atom. The van der Waals surface area contributed by atoms with E-state index in [4.69, 9.17) is 5.84 Å². The number of nitrogens with two attached hydrogens (primary N) is 1. The molecule has 108 valence electrons. The van der Waals surface area contributed by atoms with E-state index in [1.165, 1.54) is 0 Å². The van der Waals surface area contributed by atoms with Crippen molar-refractivity contribution in [3.8, 4) is 0 Å². The van der Waals surface area contributed by atoms with Crippen LogP contribution in [0.5, 0.6) is 0 Å². The zero-order valence-electron chi connectivity index (χ0n) is 10.8. The first-order chi connectivity index (χ1) is 8.91. The SMILES string of the molecule is Cn1ccc(C(NN)C2CCC(C(F)(F)F)CC2)n1. The molecular formula is C12H19F3N4. The van der Waals surface area contributed by atoms with E-state index in [1.54, 1.807) is 17.9 Å². The predicted molar refractivity (Wildman–Crippen MR) is 64.8 cm³/mol. The van der Waals surface area contributed by atoms with Gasteiger partial charge in [0.25, 0.3) is 0 Å². The number of hydrazine groups is 1. The van der Waals surface area contributed by atoms with E-state index in [0.717, 1.165) is 5.69 Å². The monoisotopic (exact) mass is 276 g/mol. The molecule has 3 N–H and O–H groups in total. The zero-order chi connectivity index (χ0) is 14.0. The molecule has 0 aliphatic heterocycles. The summed E-state index contributed by atoms with van der Waals surface area (Å²) in [5, 5.41) is 4.28. The van der Waals surface area contributed by atoms with E-state index < -0.39 is 12.1 Å². The van der Waals surface area contributed by atoms with Gasteiger partial charge in [-0.3, -0.25) is 16.0 Å². The lowest BCUT2D eigenvalue weighted by Gasteiger charge is -2.33. The van der Waals surface area contributed by atoms with Gasteiger partial charge in [0.05, 0.1) is 17.7 Å². The van der Waals surface area contributed by atoms with Crippen LogP contribution in [0.25, 0.3) is 0 Å². The molecule has 1 saturated carbocycles. The Morgan fingerprint density at radius 1 is 1.37 bits per heavy atom. The van der Waals surface area contributed by atoms with Gasteiger partial charge in [-0.2, -0.15) is 18.3 Å². The number of nitrogens with zero attached hydrogens (tertiary/aromatic N) is 2. The van der Waals surface area contributed by atoms with E-state index in [1.807, 2.05) is 6.07 Å². The predicted octanol–water partition coefficient (Wildman–Crippen LogP) is 2.29. The Balaban J connectivity index is 1.99. The molecule has 1 aromatic rings. The molecule has 1 unspecified atom stereocenters. The average Bonchev–Trinajstić information content (AvgIpc) is 2.76. The number of aryl methyl sites for hydroxylation is 1. The van der Waals surface area contributed by atoms with Gasteiger partial charge in [-0.05, 0) is 37.7 Å². The molecule has 1 fully saturated rings. The van der Waals surface area contributed by atoms with Gasteiger partial charge in [-0.15, -0.1) is 0 Å². The summed E-state index contributed by atoms with van der Waals surface area (Å²) in [5.74, 6) is 4.49. The van der Waals surface area contributed by atoms with Crippen LogP contribution in [0.15, 0.2) is 12.3 Å². The number of hydrogen-bond donors (Lipinski definition) is 2. The smallest absolute Gasteiger partial charge is 0.275 e. The molecule has 0 bridgehead atoms. The lowest BCUT2D eigenvalue weighted by atomic mass is 9.77. The van der Waals surface area contributed by atoms with Crippen molar-refractivity contribution >= 4 is 0 Å². The third-order valence-electron chi connectivity index (χ3n) is 3.94. The molecule has 19 heavy (non-hydrogen) atoms. The van der Waals surface area contributed by atoms with Gasteiger partial charge < -0.3 is 0 Å². The van der Waals surface area contributed by atoms with E-state index in [9.17, 15) is 13.2 Å². The van der Waals surface area contributed by atoms with Gasteiger partial charge in [-0.1, -0.05) is 0 Å². The van der Waals surface area contributed by atoms with Crippen LogP contribution in [-0.2, 0) is 7.05 Å². The van der Waals surface area contributed by atoms with E-state index >= 15 is 0 Å². The van der Waals surface area contributed by atoms with Gasteiger partial charge in [0.2, 0.25) is 0 Å². The summed E-state index contributed by atoms with van der Waals surface area (Å²) < 4.78 is 39.5. The topological polar surface area (TPSA) is 55.9 Å². The van der Waals surface area contributed by atoms with Gasteiger partial charge in [0, 0.05) is 13.2 Å². The molecule has 0 aromatic carbocycles. The minimum Gasteiger partial charge on any atom is -0.275 e. The van der Waals surface area contributed by atoms with Crippen LogP contribution in [0.3, 0.4) is 0 Å². The van der Waals surface area contributed by atoms with Crippen LogP contribution < -0.4 is 11.3 Å². The van der Waals surface area contributed by atoms with Gasteiger partial charge >= 0.3 is 6.18 Å². The number of aromatic nitrogens is 2. The van der Waals surface area contributed by atoms with Crippen LogP contribution in [0, 0.1) is 11.8 Å². The Kier molecular flexibility index (Phi) is 4.15. The number of alkyl halides is 3. The van der Waals surface area contributed by atoms with Gasteiger partial charge in [-0.25, -0.2) is 0 Å². The number of rotatable bonds is 3. The normalized spacial score (nSPS) is 26.4. The number of hydrogen-bond acceptors (Lipinski definition) is 3. The molecule has 1 aliphatic rings. The van der Waals surface area contributed by atoms with Crippen molar-refractivity contribution in [2.24, 2.45) is 24.7 Å². The molecule has 2 rings (SSSR count). The van der Waals surface area contributed by atoms with Crippen LogP contribution in [0.4, 0.5) is 13.2 Å². The van der Waals surface area contributed by atoms with E-state index in [0.29, 0.717) is 12.8 Å². The maximum Gasteiger partial charge on any atom is 0.391 e. The second kappa shape index (κ2) is 5.50. The molecule has 0 spiro atoms. The molecule has 1 atom stereocenters. The fourth-order valence-corrected chi connectivity index (χ4v) is 2.84. The summed E-state index contributed by atoms with van der Waals surface area (Å²) in [5.41, 5.74) is 3.49. The fourth-order valence-electron chi connectivity index (χ4n) is 2.84. The van der Waals surface area contributed by atoms with Crippen molar-refractivity contribution in [1.29, 1.82) is 0 Å². The Morgan fingerprint density at radius 3 is 2.42 bits per heavy atom. The van der Waals surface area contributed by atoms with Crippen molar-refractivity contribution in [3.05, 3.63) is 18.0 Å². The first kappa shape index (κ1) is 14.3. The van der Waals surface area contributed by atoms with Crippen molar-refractivity contribution in [2.45, 2.75) is 37.9 Å². The summed E-state index contributed by atoms with van der Waals surface area (Å²) >= 11 is 0. The lowest BCUT2D eigenvalue weighted by molar-refractivity contribution is -0.184. The second-order valence-electron chi connectivity index (χ2n) is 5.21. The summed E-state index contributed by atoms with van der Waals surface area (Å²) in [4.78, 5) is 0. The van der Waals surface area contributed by atoms with Crippen LogP contribution in [0.2, 0.25) is 0 Å². The summed E-state index contributed by atoms with van der Waals surface area (Å²) in [6.45, 7) is 0. The summed E-state index contributed by atoms with van der Waals surface area (Å²) in [6, 6.07) is 1.68.